The van der Waals surface area contributed by atoms with Gasteiger partial charge in [0, 0.05) is 22.5 Å². The van der Waals surface area contributed by atoms with Crippen LogP contribution in [0.5, 0.6) is 0 Å². The molecule has 0 bridgehead atoms. The summed E-state index contributed by atoms with van der Waals surface area (Å²) in [6.45, 7) is 7.47. The second-order valence-electron chi connectivity index (χ2n) is 6.07. The highest BCUT2D eigenvalue weighted by atomic mass is 16.2. The molecule has 4 nitrogen and oxygen atoms in total. The molecule has 0 saturated heterocycles. The number of carbonyl (C=O) groups excluding carboxylic acids is 2. The summed E-state index contributed by atoms with van der Waals surface area (Å²) in [6.07, 6.45) is 3.28. The first-order chi connectivity index (χ1) is 13.6. The molecule has 0 fully saturated rings. The Hall–Kier alpha value is -3.92. The van der Waals surface area contributed by atoms with Gasteiger partial charge in [0.15, 0.2) is 0 Å². The van der Waals surface area contributed by atoms with Gasteiger partial charge < -0.3 is 10.6 Å². The fourth-order valence-electron chi connectivity index (χ4n) is 2.84. The van der Waals surface area contributed by atoms with E-state index in [1.807, 2.05) is 24.3 Å². The van der Waals surface area contributed by atoms with Crippen molar-refractivity contribution in [2.75, 3.05) is 10.6 Å². The van der Waals surface area contributed by atoms with E-state index in [1.165, 1.54) is 0 Å². The van der Waals surface area contributed by atoms with E-state index in [2.05, 4.69) is 23.8 Å². The van der Waals surface area contributed by atoms with E-state index in [4.69, 9.17) is 0 Å². The molecule has 28 heavy (non-hydrogen) atoms. The van der Waals surface area contributed by atoms with Crippen molar-refractivity contribution in [1.82, 2.24) is 0 Å². The van der Waals surface area contributed by atoms with Crippen LogP contribution in [0.4, 0.5) is 11.4 Å². The van der Waals surface area contributed by atoms with Gasteiger partial charge in [-0.2, -0.15) is 0 Å². The zero-order valence-corrected chi connectivity index (χ0v) is 15.3. The summed E-state index contributed by atoms with van der Waals surface area (Å²) in [5.41, 5.74) is 3.74. The van der Waals surface area contributed by atoms with Crippen LogP contribution in [-0.4, -0.2) is 11.8 Å². The van der Waals surface area contributed by atoms with Crippen molar-refractivity contribution in [2.45, 2.75) is 0 Å². The molecule has 0 atom stereocenters. The maximum Gasteiger partial charge on any atom is 0.256 e. The van der Waals surface area contributed by atoms with Gasteiger partial charge in [0.1, 0.15) is 0 Å². The molecule has 2 amide bonds. The minimum absolute atomic E-state index is 0.240. The molecule has 3 aromatic carbocycles. The number of nitrogens with one attached hydrogen (secondary N) is 2. The maximum atomic E-state index is 12.6. The lowest BCUT2D eigenvalue weighted by molar-refractivity contribution is 0.101. The Morgan fingerprint density at radius 3 is 1.50 bits per heavy atom. The molecule has 3 aromatic rings. The Bertz CT molecular complexity index is 973. The average Bonchev–Trinajstić information content (AvgIpc) is 2.73. The van der Waals surface area contributed by atoms with E-state index >= 15 is 0 Å². The quantitative estimate of drug-likeness (QED) is 0.605. The van der Waals surface area contributed by atoms with Gasteiger partial charge >= 0.3 is 0 Å². The highest BCUT2D eigenvalue weighted by molar-refractivity contribution is 6.08. The van der Waals surface area contributed by atoms with Gasteiger partial charge in [-0.15, -0.1) is 0 Å². The second kappa shape index (κ2) is 8.64. The molecule has 0 aliphatic heterocycles. The van der Waals surface area contributed by atoms with Crippen molar-refractivity contribution in [3.05, 3.63) is 108 Å². The summed E-state index contributed by atoms with van der Waals surface area (Å²) in [7, 11) is 0. The monoisotopic (exact) mass is 368 g/mol. The van der Waals surface area contributed by atoms with Gasteiger partial charge in [-0.3, -0.25) is 9.59 Å². The van der Waals surface area contributed by atoms with Gasteiger partial charge in [-0.1, -0.05) is 67.8 Å². The van der Waals surface area contributed by atoms with Gasteiger partial charge in [0.25, 0.3) is 11.8 Å². The van der Waals surface area contributed by atoms with Crippen LogP contribution in [-0.2, 0) is 0 Å². The summed E-state index contributed by atoms with van der Waals surface area (Å²) >= 11 is 0. The standard InChI is InChI=1S/C24H20N2O2/c1-3-17-10-5-7-14-21(17)23(27)25-19-12-9-13-20(16-19)26-24(28)22-15-8-6-11-18(22)4-2/h3-16H,1-2H2,(H,25,27)(H,26,28). The first kappa shape index (κ1) is 18.9. The second-order valence-corrected chi connectivity index (χ2v) is 6.07. The number of amides is 2. The van der Waals surface area contributed by atoms with Crippen LogP contribution < -0.4 is 10.6 Å². The molecule has 138 valence electrons. The van der Waals surface area contributed by atoms with Crippen molar-refractivity contribution in [3.63, 3.8) is 0 Å². The van der Waals surface area contributed by atoms with Crippen LogP contribution in [0.2, 0.25) is 0 Å². The lowest BCUT2D eigenvalue weighted by atomic mass is 10.1. The third kappa shape index (κ3) is 4.24. The predicted molar refractivity (Wildman–Crippen MR) is 115 cm³/mol. The average molecular weight is 368 g/mol. The summed E-state index contributed by atoms with van der Waals surface area (Å²) in [5, 5.41) is 5.71. The van der Waals surface area contributed by atoms with E-state index in [1.54, 1.807) is 60.7 Å². The van der Waals surface area contributed by atoms with E-state index in [0.29, 0.717) is 22.5 Å². The Kier molecular flexibility index (Phi) is 5.82. The zero-order chi connectivity index (χ0) is 19.9. The van der Waals surface area contributed by atoms with Gasteiger partial charge in [-0.05, 0) is 41.5 Å². The Morgan fingerprint density at radius 1 is 0.643 bits per heavy atom. The molecule has 2 N–H and O–H groups in total. The molecule has 3 rings (SSSR count). The summed E-state index contributed by atoms with van der Waals surface area (Å²) in [5.74, 6) is -0.480. The summed E-state index contributed by atoms with van der Waals surface area (Å²) in [4.78, 5) is 25.1. The van der Waals surface area contributed by atoms with Gasteiger partial charge in [0.05, 0.1) is 0 Å². The fourth-order valence-corrected chi connectivity index (χ4v) is 2.84. The van der Waals surface area contributed by atoms with Crippen molar-refractivity contribution in [2.24, 2.45) is 0 Å². The summed E-state index contributed by atoms with van der Waals surface area (Å²) < 4.78 is 0. The van der Waals surface area contributed by atoms with Crippen LogP contribution in [0.1, 0.15) is 31.8 Å². The molecule has 0 aromatic heterocycles. The van der Waals surface area contributed by atoms with Crippen LogP contribution in [0, 0.1) is 0 Å². The molecule has 0 aliphatic carbocycles. The molecule has 4 heteroatoms. The molecule has 0 spiro atoms. The molecule has 0 radical (unpaired) electrons. The number of anilines is 2. The highest BCUT2D eigenvalue weighted by Gasteiger charge is 2.12. The SMILES string of the molecule is C=Cc1ccccc1C(=O)Nc1cccc(NC(=O)c2ccccc2C=C)c1. The molecule has 0 aliphatic rings. The van der Waals surface area contributed by atoms with Gasteiger partial charge in [0.2, 0.25) is 0 Å². The Morgan fingerprint density at radius 2 is 1.07 bits per heavy atom. The Balaban J connectivity index is 1.77. The normalized spacial score (nSPS) is 10.0. The molecule has 0 unspecified atom stereocenters. The van der Waals surface area contributed by atoms with Crippen LogP contribution in [0.25, 0.3) is 12.2 Å². The third-order valence-electron chi connectivity index (χ3n) is 4.23. The van der Waals surface area contributed by atoms with E-state index in [9.17, 15) is 9.59 Å². The highest BCUT2D eigenvalue weighted by Crippen LogP contribution is 2.19. The van der Waals surface area contributed by atoms with Gasteiger partial charge in [-0.25, -0.2) is 0 Å². The Labute approximate surface area is 164 Å². The number of hydrogen-bond donors (Lipinski definition) is 2. The van der Waals surface area contributed by atoms with Crippen molar-refractivity contribution >= 4 is 35.3 Å². The van der Waals surface area contributed by atoms with Crippen LogP contribution in [0.3, 0.4) is 0 Å². The summed E-state index contributed by atoms with van der Waals surface area (Å²) in [6, 6.07) is 21.5. The lowest BCUT2D eigenvalue weighted by Crippen LogP contribution is -2.15. The minimum Gasteiger partial charge on any atom is -0.322 e. The molecule has 0 heterocycles. The van der Waals surface area contributed by atoms with Crippen LogP contribution >= 0.6 is 0 Å². The number of carbonyl (C=O) groups is 2. The van der Waals surface area contributed by atoms with Crippen molar-refractivity contribution < 1.29 is 9.59 Å². The maximum absolute atomic E-state index is 12.6. The topological polar surface area (TPSA) is 58.2 Å². The van der Waals surface area contributed by atoms with E-state index < -0.39 is 0 Å². The molecular formula is C24H20N2O2. The number of benzene rings is 3. The third-order valence-corrected chi connectivity index (χ3v) is 4.23. The number of hydrogen-bond acceptors (Lipinski definition) is 2. The smallest absolute Gasteiger partial charge is 0.256 e. The molecular weight excluding hydrogens is 348 g/mol. The molecule has 0 saturated carbocycles. The first-order valence-electron chi connectivity index (χ1n) is 8.78. The van der Waals surface area contributed by atoms with Crippen molar-refractivity contribution in [1.29, 1.82) is 0 Å². The fraction of sp³-hybridized carbons (Fsp3) is 0. The first-order valence-corrected chi connectivity index (χ1v) is 8.78. The van der Waals surface area contributed by atoms with E-state index in [0.717, 1.165) is 11.1 Å². The minimum atomic E-state index is -0.240. The van der Waals surface area contributed by atoms with Crippen LogP contribution in [0.15, 0.2) is 86.0 Å². The number of rotatable bonds is 6. The van der Waals surface area contributed by atoms with Crippen molar-refractivity contribution in [3.8, 4) is 0 Å². The zero-order valence-electron chi connectivity index (χ0n) is 15.3. The largest absolute Gasteiger partial charge is 0.322 e. The lowest BCUT2D eigenvalue weighted by Gasteiger charge is -2.11. The predicted octanol–water partition coefficient (Wildman–Crippen LogP) is 5.48. The van der Waals surface area contributed by atoms with E-state index in [-0.39, 0.29) is 11.8 Å².